The molecule has 1 aromatic rings. The van der Waals surface area contributed by atoms with Gasteiger partial charge in [-0.1, -0.05) is 13.8 Å². The number of hydrogen-bond acceptors (Lipinski definition) is 5. The zero-order chi connectivity index (χ0) is 22.4. The van der Waals surface area contributed by atoms with Gasteiger partial charge in [0.1, 0.15) is 6.54 Å². The maximum Gasteiger partial charge on any atom is 0.251 e. The zero-order valence-corrected chi connectivity index (χ0v) is 18.9. The molecule has 0 saturated heterocycles. The number of aromatic nitrogens is 1. The Labute approximate surface area is 172 Å². The van der Waals surface area contributed by atoms with E-state index in [2.05, 4.69) is 5.32 Å². The van der Waals surface area contributed by atoms with Crippen LogP contribution in [0.25, 0.3) is 0 Å². The molecule has 9 nitrogen and oxygen atoms in total. The van der Waals surface area contributed by atoms with Crippen LogP contribution < -0.4 is 10.9 Å². The summed E-state index contributed by atoms with van der Waals surface area (Å²) in [6.45, 7) is 11.1. The zero-order valence-electron chi connectivity index (χ0n) is 18.1. The first-order valence-electron chi connectivity index (χ1n) is 9.65. The van der Waals surface area contributed by atoms with Gasteiger partial charge in [0.05, 0.1) is 11.4 Å². The molecule has 164 valence electrons. The second kappa shape index (κ2) is 10.0. The minimum Gasteiger partial charge on any atom is -0.350 e. The van der Waals surface area contributed by atoms with Crippen LogP contribution >= 0.6 is 0 Å². The molecule has 0 aliphatic rings. The highest BCUT2D eigenvalue weighted by Gasteiger charge is 2.24. The van der Waals surface area contributed by atoms with Crippen LogP contribution in [0.3, 0.4) is 0 Å². The largest absolute Gasteiger partial charge is 0.350 e. The molecule has 0 radical (unpaired) electrons. The molecule has 0 aliphatic carbocycles. The van der Waals surface area contributed by atoms with Gasteiger partial charge in [-0.15, -0.1) is 0 Å². The molecular formula is C19H32N4O5S. The molecule has 1 rings (SSSR count). The molecule has 1 aromatic heterocycles. The van der Waals surface area contributed by atoms with Crippen molar-refractivity contribution in [1.29, 1.82) is 0 Å². The van der Waals surface area contributed by atoms with Gasteiger partial charge < -0.3 is 14.8 Å². The first-order chi connectivity index (χ1) is 13.3. The normalized spacial score (nSPS) is 12.1. The van der Waals surface area contributed by atoms with Crippen LogP contribution in [-0.4, -0.2) is 65.7 Å². The second-order valence-electron chi connectivity index (χ2n) is 7.63. The number of carbonyl (C=O) groups excluding carboxylic acids is 2. The number of likely N-dealkylation sites (N-methyl/N-ethyl adjacent to an activating group) is 1. The summed E-state index contributed by atoms with van der Waals surface area (Å²) < 4.78 is 27.7. The summed E-state index contributed by atoms with van der Waals surface area (Å²) in [7, 11) is -3.76. The van der Waals surface area contributed by atoms with Crippen LogP contribution in [-0.2, 0) is 26.2 Å². The van der Waals surface area contributed by atoms with E-state index in [0.717, 1.165) is 10.6 Å². The van der Waals surface area contributed by atoms with Gasteiger partial charge >= 0.3 is 0 Å². The van der Waals surface area contributed by atoms with Crippen LogP contribution in [0.5, 0.6) is 0 Å². The molecular weight excluding hydrogens is 396 g/mol. The van der Waals surface area contributed by atoms with Gasteiger partial charge in [-0.25, -0.2) is 8.42 Å². The summed E-state index contributed by atoms with van der Waals surface area (Å²) in [5.74, 6) is -0.756. The van der Waals surface area contributed by atoms with Crippen LogP contribution in [0.1, 0.15) is 41.5 Å². The molecule has 1 N–H and O–H groups in total. The monoisotopic (exact) mass is 428 g/mol. The SMILES string of the molecule is CCN(CC(=O)NC(C)(C)C)C(=O)Cn1cc(S(=O)(=O)N(CC)CC)ccc1=O. The summed E-state index contributed by atoms with van der Waals surface area (Å²) in [4.78, 5) is 38.2. The Bertz CT molecular complexity index is 883. The van der Waals surface area contributed by atoms with Crippen molar-refractivity contribution >= 4 is 21.8 Å². The van der Waals surface area contributed by atoms with Crippen molar-refractivity contribution in [3.05, 3.63) is 28.7 Å². The fourth-order valence-corrected chi connectivity index (χ4v) is 4.23. The predicted molar refractivity (Wildman–Crippen MR) is 111 cm³/mol. The third kappa shape index (κ3) is 6.97. The van der Waals surface area contributed by atoms with E-state index in [-0.39, 0.29) is 30.4 Å². The number of hydrogen-bond donors (Lipinski definition) is 1. The van der Waals surface area contributed by atoms with E-state index in [1.807, 2.05) is 20.8 Å². The number of nitrogens with one attached hydrogen (secondary N) is 1. The third-order valence-electron chi connectivity index (χ3n) is 4.19. The van der Waals surface area contributed by atoms with Crippen LogP contribution in [0.2, 0.25) is 0 Å². The van der Waals surface area contributed by atoms with Crippen molar-refractivity contribution in [2.24, 2.45) is 0 Å². The van der Waals surface area contributed by atoms with Crippen molar-refractivity contribution in [3.8, 4) is 0 Å². The molecule has 2 amide bonds. The second-order valence-corrected chi connectivity index (χ2v) is 9.56. The average molecular weight is 429 g/mol. The topological polar surface area (TPSA) is 109 Å². The van der Waals surface area contributed by atoms with Crippen molar-refractivity contribution in [3.63, 3.8) is 0 Å². The lowest BCUT2D eigenvalue weighted by molar-refractivity contribution is -0.136. The molecule has 0 aliphatic heterocycles. The van der Waals surface area contributed by atoms with E-state index < -0.39 is 27.0 Å². The first-order valence-corrected chi connectivity index (χ1v) is 11.1. The van der Waals surface area contributed by atoms with Crippen molar-refractivity contribution in [2.45, 2.75) is 58.5 Å². The Morgan fingerprint density at radius 1 is 1.07 bits per heavy atom. The number of rotatable bonds is 9. The van der Waals surface area contributed by atoms with E-state index in [1.54, 1.807) is 20.8 Å². The smallest absolute Gasteiger partial charge is 0.251 e. The standard InChI is InChI=1S/C19H32N4O5S/c1-7-21(13-16(24)20-19(4,5)6)18(26)14-22-12-15(10-11-17(22)25)29(27,28)23(8-2)9-3/h10-12H,7-9,13-14H2,1-6H3,(H,20,24). The Morgan fingerprint density at radius 2 is 1.66 bits per heavy atom. The van der Waals surface area contributed by atoms with Gasteiger partial charge in [0, 0.05) is 37.4 Å². The minimum absolute atomic E-state index is 0.0536. The highest BCUT2D eigenvalue weighted by Crippen LogP contribution is 2.13. The summed E-state index contributed by atoms with van der Waals surface area (Å²) in [5, 5.41) is 2.78. The molecule has 10 heteroatoms. The maximum atomic E-state index is 12.7. The molecule has 1 heterocycles. The van der Waals surface area contributed by atoms with E-state index in [1.165, 1.54) is 21.5 Å². The Morgan fingerprint density at radius 3 is 2.14 bits per heavy atom. The molecule has 0 bridgehead atoms. The number of carbonyl (C=O) groups is 2. The molecule has 0 atom stereocenters. The highest BCUT2D eigenvalue weighted by atomic mass is 32.2. The Hall–Kier alpha value is -2.20. The van der Waals surface area contributed by atoms with Crippen LogP contribution in [0.4, 0.5) is 0 Å². The number of pyridine rings is 1. The first kappa shape index (κ1) is 24.8. The van der Waals surface area contributed by atoms with Gasteiger partial charge in [-0.2, -0.15) is 4.31 Å². The Kier molecular flexibility index (Phi) is 8.58. The number of sulfonamides is 1. The molecule has 0 fully saturated rings. The van der Waals surface area contributed by atoms with Crippen LogP contribution in [0.15, 0.2) is 28.0 Å². The third-order valence-corrected chi connectivity index (χ3v) is 6.22. The van der Waals surface area contributed by atoms with Crippen molar-refractivity contribution in [2.75, 3.05) is 26.2 Å². The lowest BCUT2D eigenvalue weighted by Crippen LogP contribution is -2.48. The van der Waals surface area contributed by atoms with E-state index in [4.69, 9.17) is 0 Å². The van der Waals surface area contributed by atoms with Crippen LogP contribution in [0, 0.1) is 0 Å². The van der Waals surface area contributed by atoms with Crippen molar-refractivity contribution in [1.82, 2.24) is 19.1 Å². The van der Waals surface area contributed by atoms with Gasteiger partial charge in [-0.3, -0.25) is 14.4 Å². The molecule has 29 heavy (non-hydrogen) atoms. The minimum atomic E-state index is -3.76. The summed E-state index contributed by atoms with van der Waals surface area (Å²) in [6, 6.07) is 2.37. The fourth-order valence-electron chi connectivity index (χ4n) is 2.75. The predicted octanol–water partition coefficient (Wildman–Crippen LogP) is 0.642. The molecule has 0 spiro atoms. The number of nitrogens with zero attached hydrogens (tertiary/aromatic N) is 3. The van der Waals surface area contributed by atoms with Gasteiger partial charge in [0.25, 0.3) is 5.56 Å². The summed E-state index contributed by atoms with van der Waals surface area (Å²) in [6.07, 6.45) is 1.18. The van der Waals surface area contributed by atoms with Crippen molar-refractivity contribution < 1.29 is 18.0 Å². The lowest BCUT2D eigenvalue weighted by atomic mass is 10.1. The molecule has 0 unspecified atom stereocenters. The number of amides is 2. The average Bonchev–Trinajstić information content (AvgIpc) is 2.60. The lowest BCUT2D eigenvalue weighted by Gasteiger charge is -2.25. The van der Waals surface area contributed by atoms with E-state index >= 15 is 0 Å². The quantitative estimate of drug-likeness (QED) is 0.621. The van der Waals surface area contributed by atoms with Gasteiger partial charge in [-0.05, 0) is 33.8 Å². The van der Waals surface area contributed by atoms with Gasteiger partial charge in [0.15, 0.2) is 0 Å². The Balaban J connectivity index is 3.06. The molecule has 0 saturated carbocycles. The summed E-state index contributed by atoms with van der Waals surface area (Å²) in [5.41, 5.74) is -0.920. The van der Waals surface area contributed by atoms with E-state index in [0.29, 0.717) is 13.1 Å². The molecule has 0 aromatic carbocycles. The van der Waals surface area contributed by atoms with E-state index in [9.17, 15) is 22.8 Å². The fraction of sp³-hybridized carbons (Fsp3) is 0.632. The highest BCUT2D eigenvalue weighted by molar-refractivity contribution is 7.89. The maximum absolute atomic E-state index is 12.7. The van der Waals surface area contributed by atoms with Gasteiger partial charge in [0.2, 0.25) is 21.8 Å². The summed E-state index contributed by atoms with van der Waals surface area (Å²) >= 11 is 0.